The van der Waals surface area contributed by atoms with E-state index in [0.717, 1.165) is 25.7 Å². The van der Waals surface area contributed by atoms with Gasteiger partial charge in [0.2, 0.25) is 0 Å². The van der Waals surface area contributed by atoms with E-state index in [1.165, 1.54) is 0 Å². The number of rotatable bonds is 4. The van der Waals surface area contributed by atoms with Crippen molar-refractivity contribution >= 4 is 5.97 Å². The molecule has 1 fully saturated rings. The predicted molar refractivity (Wildman–Crippen MR) is 55.4 cm³/mol. The molecule has 0 aromatic heterocycles. The van der Waals surface area contributed by atoms with E-state index in [0.29, 0.717) is 6.61 Å². The van der Waals surface area contributed by atoms with Gasteiger partial charge < -0.3 is 14.6 Å². The number of hydrogen-bond acceptors (Lipinski definition) is 4. The summed E-state index contributed by atoms with van der Waals surface area (Å²) in [6.07, 6.45) is 2.58. The zero-order chi connectivity index (χ0) is 11.3. The average molecular weight is 216 g/mol. The molecule has 0 saturated heterocycles. The van der Waals surface area contributed by atoms with Gasteiger partial charge in [0.15, 0.2) is 6.10 Å². The van der Waals surface area contributed by atoms with Gasteiger partial charge in [-0.05, 0) is 39.5 Å². The summed E-state index contributed by atoms with van der Waals surface area (Å²) in [6.45, 7) is 3.88. The van der Waals surface area contributed by atoms with Crippen LogP contribution >= 0.6 is 0 Å². The van der Waals surface area contributed by atoms with E-state index >= 15 is 0 Å². The van der Waals surface area contributed by atoms with Crippen LogP contribution in [-0.2, 0) is 14.3 Å². The zero-order valence-electron chi connectivity index (χ0n) is 9.44. The Morgan fingerprint density at radius 3 is 2.53 bits per heavy atom. The number of carbonyl (C=O) groups excluding carboxylic acids is 1. The van der Waals surface area contributed by atoms with Crippen molar-refractivity contribution in [2.24, 2.45) is 0 Å². The molecule has 1 aliphatic carbocycles. The van der Waals surface area contributed by atoms with Gasteiger partial charge in [0, 0.05) is 0 Å². The third kappa shape index (κ3) is 4.18. The molecule has 0 amide bonds. The highest BCUT2D eigenvalue weighted by Gasteiger charge is 2.24. The molecule has 0 aromatic carbocycles. The molecule has 1 rings (SSSR count). The zero-order valence-corrected chi connectivity index (χ0v) is 9.44. The van der Waals surface area contributed by atoms with E-state index < -0.39 is 6.10 Å². The lowest BCUT2D eigenvalue weighted by atomic mass is 9.95. The second kappa shape index (κ2) is 6.08. The molecule has 1 N–H and O–H groups in total. The van der Waals surface area contributed by atoms with Crippen molar-refractivity contribution in [3.05, 3.63) is 0 Å². The maximum absolute atomic E-state index is 11.3. The Kier molecular flexibility index (Phi) is 5.05. The third-order valence-corrected chi connectivity index (χ3v) is 2.66. The summed E-state index contributed by atoms with van der Waals surface area (Å²) in [6, 6.07) is 0. The molecule has 4 nitrogen and oxygen atoms in total. The van der Waals surface area contributed by atoms with E-state index in [1.807, 2.05) is 0 Å². The highest BCUT2D eigenvalue weighted by molar-refractivity contribution is 5.74. The molecule has 88 valence electrons. The summed E-state index contributed by atoms with van der Waals surface area (Å²) in [4.78, 5) is 11.3. The molecular weight excluding hydrogens is 196 g/mol. The van der Waals surface area contributed by atoms with Crippen LogP contribution in [0.25, 0.3) is 0 Å². The molecule has 1 atom stereocenters. The van der Waals surface area contributed by atoms with Crippen LogP contribution in [0.15, 0.2) is 0 Å². The van der Waals surface area contributed by atoms with Crippen molar-refractivity contribution in [1.82, 2.24) is 0 Å². The normalized spacial score (nSPS) is 28.5. The van der Waals surface area contributed by atoms with Gasteiger partial charge in [-0.3, -0.25) is 0 Å². The van der Waals surface area contributed by atoms with Gasteiger partial charge in [0.25, 0.3) is 0 Å². The first kappa shape index (κ1) is 12.5. The summed E-state index contributed by atoms with van der Waals surface area (Å²) in [5.74, 6) is -0.302. The van der Waals surface area contributed by atoms with Crippen LogP contribution in [0.3, 0.4) is 0 Å². The quantitative estimate of drug-likeness (QED) is 0.719. The molecule has 0 radical (unpaired) electrons. The SMILES string of the molecule is CCOC(=O)C(C)OC1CCC(O)CC1. The first-order chi connectivity index (χ1) is 7.13. The molecule has 15 heavy (non-hydrogen) atoms. The number of aliphatic hydroxyl groups is 1. The lowest BCUT2D eigenvalue weighted by molar-refractivity contribution is -0.160. The summed E-state index contributed by atoms with van der Waals surface area (Å²) in [5.41, 5.74) is 0. The van der Waals surface area contributed by atoms with Crippen LogP contribution in [-0.4, -0.2) is 36.0 Å². The highest BCUT2D eigenvalue weighted by atomic mass is 16.6. The summed E-state index contributed by atoms with van der Waals surface area (Å²) >= 11 is 0. The lowest BCUT2D eigenvalue weighted by Gasteiger charge is -2.27. The van der Waals surface area contributed by atoms with Gasteiger partial charge >= 0.3 is 5.97 Å². The minimum absolute atomic E-state index is 0.0906. The van der Waals surface area contributed by atoms with E-state index in [2.05, 4.69) is 0 Å². The molecule has 4 heteroatoms. The van der Waals surface area contributed by atoms with E-state index in [1.54, 1.807) is 13.8 Å². The molecule has 0 bridgehead atoms. The van der Waals surface area contributed by atoms with E-state index in [4.69, 9.17) is 9.47 Å². The van der Waals surface area contributed by atoms with Gasteiger partial charge in [-0.1, -0.05) is 0 Å². The number of ether oxygens (including phenoxy) is 2. The Morgan fingerprint density at radius 1 is 1.40 bits per heavy atom. The largest absolute Gasteiger partial charge is 0.464 e. The molecule has 0 spiro atoms. The summed E-state index contributed by atoms with van der Waals surface area (Å²) < 4.78 is 10.4. The lowest BCUT2D eigenvalue weighted by Crippen LogP contribution is -2.32. The predicted octanol–water partition coefficient (Wildman–Crippen LogP) is 1.26. The second-order valence-corrected chi connectivity index (χ2v) is 3.96. The smallest absolute Gasteiger partial charge is 0.334 e. The topological polar surface area (TPSA) is 55.8 Å². The Labute approximate surface area is 90.6 Å². The third-order valence-electron chi connectivity index (χ3n) is 2.66. The van der Waals surface area contributed by atoms with Crippen LogP contribution in [0.4, 0.5) is 0 Å². The molecule has 1 unspecified atom stereocenters. The Morgan fingerprint density at radius 2 is 2.00 bits per heavy atom. The fourth-order valence-corrected chi connectivity index (χ4v) is 1.79. The molecule has 0 heterocycles. The average Bonchev–Trinajstić information content (AvgIpc) is 2.22. The number of esters is 1. The van der Waals surface area contributed by atoms with Crippen LogP contribution in [0.5, 0.6) is 0 Å². The van der Waals surface area contributed by atoms with Gasteiger partial charge in [0.05, 0.1) is 18.8 Å². The molecule has 0 aromatic rings. The molecule has 0 aliphatic heterocycles. The van der Waals surface area contributed by atoms with Crippen molar-refractivity contribution in [3.63, 3.8) is 0 Å². The Balaban J connectivity index is 2.25. The minimum Gasteiger partial charge on any atom is -0.464 e. The maximum atomic E-state index is 11.3. The van der Waals surface area contributed by atoms with Gasteiger partial charge in [0.1, 0.15) is 0 Å². The van der Waals surface area contributed by atoms with Crippen LogP contribution in [0.1, 0.15) is 39.5 Å². The number of aliphatic hydroxyl groups excluding tert-OH is 1. The number of carbonyl (C=O) groups is 1. The number of hydrogen-bond donors (Lipinski definition) is 1. The van der Waals surface area contributed by atoms with Crippen molar-refractivity contribution in [1.29, 1.82) is 0 Å². The highest BCUT2D eigenvalue weighted by Crippen LogP contribution is 2.22. The van der Waals surface area contributed by atoms with Crippen LogP contribution < -0.4 is 0 Å². The Bertz CT molecular complexity index is 197. The van der Waals surface area contributed by atoms with E-state index in [-0.39, 0.29) is 18.2 Å². The molecule has 1 saturated carbocycles. The summed E-state index contributed by atoms with van der Waals surface area (Å²) in [5, 5.41) is 9.31. The van der Waals surface area contributed by atoms with Crippen molar-refractivity contribution in [3.8, 4) is 0 Å². The molecule has 1 aliphatic rings. The van der Waals surface area contributed by atoms with E-state index in [9.17, 15) is 9.90 Å². The monoisotopic (exact) mass is 216 g/mol. The fraction of sp³-hybridized carbons (Fsp3) is 0.909. The van der Waals surface area contributed by atoms with Crippen molar-refractivity contribution in [2.45, 2.75) is 57.8 Å². The minimum atomic E-state index is -0.495. The van der Waals surface area contributed by atoms with Crippen molar-refractivity contribution in [2.75, 3.05) is 6.61 Å². The van der Waals surface area contributed by atoms with Crippen LogP contribution in [0, 0.1) is 0 Å². The van der Waals surface area contributed by atoms with Gasteiger partial charge in [-0.2, -0.15) is 0 Å². The first-order valence-electron chi connectivity index (χ1n) is 5.63. The first-order valence-corrected chi connectivity index (χ1v) is 5.63. The summed E-state index contributed by atoms with van der Waals surface area (Å²) in [7, 11) is 0. The Hall–Kier alpha value is -0.610. The van der Waals surface area contributed by atoms with Gasteiger partial charge in [-0.15, -0.1) is 0 Å². The standard InChI is InChI=1S/C11H20O4/c1-3-14-11(13)8(2)15-10-6-4-9(12)5-7-10/h8-10,12H,3-7H2,1-2H3. The van der Waals surface area contributed by atoms with Crippen molar-refractivity contribution < 1.29 is 19.4 Å². The molecular formula is C11H20O4. The fourth-order valence-electron chi connectivity index (χ4n) is 1.79. The second-order valence-electron chi connectivity index (χ2n) is 3.96. The van der Waals surface area contributed by atoms with Gasteiger partial charge in [-0.25, -0.2) is 4.79 Å². The van der Waals surface area contributed by atoms with Crippen LogP contribution in [0.2, 0.25) is 0 Å². The maximum Gasteiger partial charge on any atom is 0.334 e.